The molecule has 0 spiro atoms. The lowest BCUT2D eigenvalue weighted by Crippen LogP contribution is -2.32. The van der Waals surface area contributed by atoms with E-state index in [9.17, 15) is 9.59 Å². The minimum Gasteiger partial charge on any atom is -0.350 e. The van der Waals surface area contributed by atoms with E-state index >= 15 is 0 Å². The number of aromatic nitrogens is 2. The largest absolute Gasteiger partial charge is 0.350 e. The normalized spacial score (nSPS) is 13.0. The first kappa shape index (κ1) is 16.0. The summed E-state index contributed by atoms with van der Waals surface area (Å²) >= 11 is 11.8. The van der Waals surface area contributed by atoms with Crippen LogP contribution in [-0.4, -0.2) is 22.2 Å². The van der Waals surface area contributed by atoms with Gasteiger partial charge >= 0.3 is 0 Å². The molecule has 23 heavy (non-hydrogen) atoms. The van der Waals surface area contributed by atoms with Crippen LogP contribution in [0.25, 0.3) is 0 Å². The number of hydrogen-bond acceptors (Lipinski definition) is 3. The fourth-order valence-electron chi connectivity index (χ4n) is 2.66. The Morgan fingerprint density at radius 3 is 2.65 bits per heavy atom. The molecule has 1 aromatic carbocycles. The van der Waals surface area contributed by atoms with E-state index in [-0.39, 0.29) is 11.5 Å². The molecule has 1 N–H and O–H groups in total. The number of carbonyl (C=O) groups is 1. The average Bonchev–Trinajstić information content (AvgIpc) is 2.93. The van der Waals surface area contributed by atoms with Crippen LogP contribution in [0.5, 0.6) is 0 Å². The quantitative estimate of drug-likeness (QED) is 0.920. The van der Waals surface area contributed by atoms with Gasteiger partial charge < -0.3 is 5.32 Å². The van der Waals surface area contributed by atoms with Gasteiger partial charge in [0.2, 0.25) is 0 Å². The number of amides is 1. The van der Waals surface area contributed by atoms with Gasteiger partial charge in [0.25, 0.3) is 11.5 Å². The summed E-state index contributed by atoms with van der Waals surface area (Å²) < 4.78 is 1.40. The Hall–Kier alpha value is -1.85. The fourth-order valence-corrected chi connectivity index (χ4v) is 3.19. The smallest absolute Gasteiger partial charge is 0.267 e. The number of hydrogen-bond donors (Lipinski definition) is 1. The third-order valence-corrected chi connectivity index (χ3v) is 4.19. The van der Waals surface area contributed by atoms with Crippen molar-refractivity contribution >= 4 is 29.1 Å². The van der Waals surface area contributed by atoms with E-state index in [1.54, 1.807) is 24.3 Å². The molecule has 3 rings (SSSR count). The molecule has 2 aromatic rings. The Balaban J connectivity index is 1.63. The number of benzene rings is 1. The maximum absolute atomic E-state index is 12.1. The number of carbonyl (C=O) groups excluding carboxylic acids is 1. The highest BCUT2D eigenvalue weighted by molar-refractivity contribution is 6.35. The molecule has 0 saturated carbocycles. The van der Waals surface area contributed by atoms with Crippen molar-refractivity contribution in [3.8, 4) is 0 Å². The van der Waals surface area contributed by atoms with Crippen LogP contribution in [0.1, 0.15) is 28.0 Å². The highest BCUT2D eigenvalue weighted by Gasteiger charge is 2.14. The molecule has 0 fully saturated rings. The van der Waals surface area contributed by atoms with Crippen molar-refractivity contribution in [3.63, 3.8) is 0 Å². The van der Waals surface area contributed by atoms with E-state index in [1.807, 2.05) is 0 Å². The van der Waals surface area contributed by atoms with Crippen molar-refractivity contribution in [1.29, 1.82) is 0 Å². The highest BCUT2D eigenvalue weighted by Crippen LogP contribution is 2.19. The standard InChI is InChI=1S/C16H15Cl2N3O2/c17-12-6-11(7-13(18)9-12)16(23)19-4-5-21-15(22)8-10-2-1-3-14(10)20-21/h6-9H,1-5H2,(H,19,23). The zero-order chi connectivity index (χ0) is 16.4. The Morgan fingerprint density at radius 1 is 1.17 bits per heavy atom. The number of fused-ring (bicyclic) bond motifs is 1. The molecule has 0 saturated heterocycles. The molecule has 1 aliphatic rings. The second-order valence-electron chi connectivity index (χ2n) is 5.45. The molecular weight excluding hydrogens is 337 g/mol. The second kappa shape index (κ2) is 6.72. The van der Waals surface area contributed by atoms with Gasteiger partial charge in [0, 0.05) is 28.2 Å². The summed E-state index contributed by atoms with van der Waals surface area (Å²) in [6.45, 7) is 0.626. The van der Waals surface area contributed by atoms with Crippen LogP contribution in [0.3, 0.4) is 0 Å². The molecule has 0 unspecified atom stereocenters. The van der Waals surface area contributed by atoms with Crippen LogP contribution in [0.4, 0.5) is 0 Å². The number of halogens is 2. The molecule has 1 aliphatic carbocycles. The van der Waals surface area contributed by atoms with Crippen LogP contribution >= 0.6 is 23.2 Å². The van der Waals surface area contributed by atoms with Crippen molar-refractivity contribution < 1.29 is 4.79 Å². The lowest BCUT2D eigenvalue weighted by atomic mass is 10.2. The molecular formula is C16H15Cl2N3O2. The van der Waals surface area contributed by atoms with E-state index < -0.39 is 0 Å². The first-order valence-corrected chi connectivity index (χ1v) is 8.13. The van der Waals surface area contributed by atoms with Gasteiger partial charge in [0.05, 0.1) is 12.2 Å². The van der Waals surface area contributed by atoms with Gasteiger partial charge in [0.15, 0.2) is 0 Å². The van der Waals surface area contributed by atoms with Gasteiger partial charge in [-0.15, -0.1) is 0 Å². The topological polar surface area (TPSA) is 64.0 Å². The van der Waals surface area contributed by atoms with E-state index in [0.29, 0.717) is 28.7 Å². The van der Waals surface area contributed by atoms with E-state index in [2.05, 4.69) is 10.4 Å². The zero-order valence-corrected chi connectivity index (χ0v) is 13.8. The SMILES string of the molecule is O=C(NCCn1nc2c(cc1=O)CCC2)c1cc(Cl)cc(Cl)c1. The van der Waals surface area contributed by atoms with Crippen LogP contribution in [0.15, 0.2) is 29.1 Å². The number of aryl methyl sites for hydroxylation is 2. The first-order chi connectivity index (χ1) is 11.0. The van der Waals surface area contributed by atoms with Crippen molar-refractivity contribution in [2.75, 3.05) is 6.54 Å². The third-order valence-electron chi connectivity index (χ3n) is 3.76. The van der Waals surface area contributed by atoms with Crippen molar-refractivity contribution in [3.05, 3.63) is 61.5 Å². The molecule has 1 aromatic heterocycles. The molecule has 120 valence electrons. The van der Waals surface area contributed by atoms with Crippen molar-refractivity contribution in [1.82, 2.24) is 15.1 Å². The summed E-state index contributed by atoms with van der Waals surface area (Å²) in [6.07, 6.45) is 2.87. The monoisotopic (exact) mass is 351 g/mol. The van der Waals surface area contributed by atoms with E-state index in [0.717, 1.165) is 30.5 Å². The summed E-state index contributed by atoms with van der Waals surface area (Å²) in [5.41, 5.74) is 2.28. The molecule has 7 heteroatoms. The van der Waals surface area contributed by atoms with Gasteiger partial charge in [-0.1, -0.05) is 23.2 Å². The molecule has 0 radical (unpaired) electrons. The summed E-state index contributed by atoms with van der Waals surface area (Å²) in [7, 11) is 0. The number of nitrogens with zero attached hydrogens (tertiary/aromatic N) is 2. The Bertz CT molecular complexity index is 797. The van der Waals surface area contributed by atoms with Crippen molar-refractivity contribution in [2.45, 2.75) is 25.8 Å². The predicted octanol–water partition coefficient (Wildman–Crippen LogP) is 2.47. The summed E-state index contributed by atoms with van der Waals surface area (Å²) in [6, 6.07) is 6.30. The minimum absolute atomic E-state index is 0.134. The lowest BCUT2D eigenvalue weighted by molar-refractivity contribution is 0.0951. The number of rotatable bonds is 4. The van der Waals surface area contributed by atoms with E-state index in [4.69, 9.17) is 23.2 Å². The summed E-state index contributed by atoms with van der Waals surface area (Å²) in [5.74, 6) is -0.288. The Labute approximate surface area is 143 Å². The molecule has 5 nitrogen and oxygen atoms in total. The zero-order valence-electron chi connectivity index (χ0n) is 12.3. The predicted molar refractivity (Wildman–Crippen MR) is 89.3 cm³/mol. The maximum Gasteiger partial charge on any atom is 0.267 e. The Kier molecular flexibility index (Phi) is 4.68. The number of nitrogens with one attached hydrogen (secondary N) is 1. The second-order valence-corrected chi connectivity index (χ2v) is 6.32. The van der Waals surface area contributed by atoms with Gasteiger partial charge in [-0.05, 0) is 43.0 Å². The Morgan fingerprint density at radius 2 is 1.91 bits per heavy atom. The minimum atomic E-state index is -0.288. The molecule has 0 atom stereocenters. The maximum atomic E-state index is 12.1. The van der Waals surface area contributed by atoms with Crippen LogP contribution in [0.2, 0.25) is 10.0 Å². The summed E-state index contributed by atoms with van der Waals surface area (Å²) in [5, 5.41) is 7.91. The van der Waals surface area contributed by atoms with Crippen molar-refractivity contribution in [2.24, 2.45) is 0 Å². The molecule has 1 heterocycles. The van der Waals surface area contributed by atoms with Gasteiger partial charge in [-0.2, -0.15) is 5.10 Å². The lowest BCUT2D eigenvalue weighted by Gasteiger charge is -2.09. The van der Waals surface area contributed by atoms with Crippen LogP contribution in [0, 0.1) is 0 Å². The van der Waals surface area contributed by atoms with Gasteiger partial charge in [-0.3, -0.25) is 9.59 Å². The van der Waals surface area contributed by atoms with Crippen LogP contribution in [-0.2, 0) is 19.4 Å². The van der Waals surface area contributed by atoms with Gasteiger partial charge in [0.1, 0.15) is 0 Å². The van der Waals surface area contributed by atoms with E-state index in [1.165, 1.54) is 4.68 Å². The highest BCUT2D eigenvalue weighted by atomic mass is 35.5. The third kappa shape index (κ3) is 3.74. The molecule has 1 amide bonds. The van der Waals surface area contributed by atoms with Gasteiger partial charge in [-0.25, -0.2) is 4.68 Å². The average molecular weight is 352 g/mol. The van der Waals surface area contributed by atoms with Crippen LogP contribution < -0.4 is 10.9 Å². The molecule has 0 aliphatic heterocycles. The fraction of sp³-hybridized carbons (Fsp3) is 0.312. The molecule has 0 bridgehead atoms. The summed E-state index contributed by atoms with van der Waals surface area (Å²) in [4.78, 5) is 24.0. The first-order valence-electron chi connectivity index (χ1n) is 7.37.